The van der Waals surface area contributed by atoms with Gasteiger partial charge in [-0.3, -0.25) is 4.79 Å². The molecule has 3 N–H and O–H groups in total. The molecule has 5 nitrogen and oxygen atoms in total. The van der Waals surface area contributed by atoms with E-state index in [1.807, 2.05) is 85.8 Å². The van der Waals surface area contributed by atoms with Crippen LogP contribution in [-0.4, -0.2) is 22.4 Å². The molecule has 3 aromatic carbocycles. The summed E-state index contributed by atoms with van der Waals surface area (Å²) < 4.78 is 0. The summed E-state index contributed by atoms with van der Waals surface area (Å²) in [6.07, 6.45) is 2.59. The standard InChI is InChI=1S/C26H25ClN4O/c1-18-17-29-25(30-18)21-9-13-23(14-10-21)31-26(32)24(20-5-3-2-4-6-20)28-16-15-19-7-11-22(27)12-8-19/h2-14,17,24,28H,15-16H2,1H3,(H,29,30)(H,31,32)/t24-/m1/s1. The van der Waals surface area contributed by atoms with Crippen molar-refractivity contribution >= 4 is 23.2 Å². The lowest BCUT2D eigenvalue weighted by molar-refractivity contribution is -0.118. The van der Waals surface area contributed by atoms with Crippen LogP contribution in [0.25, 0.3) is 11.4 Å². The van der Waals surface area contributed by atoms with Crippen molar-refractivity contribution in [2.45, 2.75) is 19.4 Å². The zero-order chi connectivity index (χ0) is 22.3. The van der Waals surface area contributed by atoms with Gasteiger partial charge in [-0.05, 0) is 60.9 Å². The lowest BCUT2D eigenvalue weighted by Crippen LogP contribution is -2.34. The number of aromatic nitrogens is 2. The minimum atomic E-state index is -0.462. The normalized spacial score (nSPS) is 11.8. The number of aromatic amines is 1. The van der Waals surface area contributed by atoms with Crippen LogP contribution in [0.5, 0.6) is 0 Å². The number of imidazole rings is 1. The Morgan fingerprint density at radius 3 is 2.38 bits per heavy atom. The summed E-state index contributed by atoms with van der Waals surface area (Å²) in [5.74, 6) is 0.709. The first-order valence-corrected chi connectivity index (χ1v) is 10.9. The SMILES string of the molecule is Cc1cnc(-c2ccc(NC(=O)[C@H](NCCc3ccc(Cl)cc3)c3ccccc3)cc2)[nH]1. The van der Waals surface area contributed by atoms with Crippen LogP contribution in [0.2, 0.25) is 5.02 Å². The maximum atomic E-state index is 13.1. The molecule has 1 aromatic heterocycles. The Morgan fingerprint density at radius 1 is 1.00 bits per heavy atom. The Balaban J connectivity index is 1.43. The summed E-state index contributed by atoms with van der Waals surface area (Å²) in [4.78, 5) is 20.7. The largest absolute Gasteiger partial charge is 0.342 e. The lowest BCUT2D eigenvalue weighted by atomic mass is 10.1. The highest BCUT2D eigenvalue weighted by molar-refractivity contribution is 6.30. The summed E-state index contributed by atoms with van der Waals surface area (Å²) in [6, 6.07) is 24.7. The Hall–Kier alpha value is -3.41. The predicted octanol–water partition coefficient (Wildman–Crippen LogP) is 5.55. The van der Waals surface area contributed by atoms with Gasteiger partial charge in [-0.2, -0.15) is 0 Å². The molecule has 4 rings (SSSR count). The van der Waals surface area contributed by atoms with Crippen LogP contribution in [0.1, 0.15) is 22.9 Å². The molecule has 0 radical (unpaired) electrons. The van der Waals surface area contributed by atoms with Gasteiger partial charge >= 0.3 is 0 Å². The molecular weight excluding hydrogens is 420 g/mol. The highest BCUT2D eigenvalue weighted by Gasteiger charge is 2.20. The van der Waals surface area contributed by atoms with E-state index in [4.69, 9.17) is 11.6 Å². The highest BCUT2D eigenvalue weighted by Crippen LogP contribution is 2.21. The highest BCUT2D eigenvalue weighted by atomic mass is 35.5. The smallest absolute Gasteiger partial charge is 0.246 e. The number of carbonyl (C=O) groups excluding carboxylic acids is 1. The van der Waals surface area contributed by atoms with Gasteiger partial charge in [-0.1, -0.05) is 54.1 Å². The van der Waals surface area contributed by atoms with Crippen LogP contribution < -0.4 is 10.6 Å². The number of hydrogen-bond acceptors (Lipinski definition) is 3. The van der Waals surface area contributed by atoms with Gasteiger partial charge in [0.2, 0.25) is 5.91 Å². The molecule has 0 saturated heterocycles. The monoisotopic (exact) mass is 444 g/mol. The van der Waals surface area contributed by atoms with E-state index in [-0.39, 0.29) is 5.91 Å². The van der Waals surface area contributed by atoms with E-state index < -0.39 is 6.04 Å². The van der Waals surface area contributed by atoms with Crippen LogP contribution in [0, 0.1) is 6.92 Å². The van der Waals surface area contributed by atoms with E-state index in [1.165, 1.54) is 0 Å². The maximum Gasteiger partial charge on any atom is 0.246 e. The first-order chi connectivity index (χ1) is 15.6. The molecular formula is C26H25ClN4O. The quantitative estimate of drug-likeness (QED) is 0.333. The van der Waals surface area contributed by atoms with Gasteiger partial charge in [0.05, 0.1) is 0 Å². The van der Waals surface area contributed by atoms with Gasteiger partial charge < -0.3 is 15.6 Å². The molecule has 32 heavy (non-hydrogen) atoms. The van der Waals surface area contributed by atoms with Crippen LogP contribution >= 0.6 is 11.6 Å². The average Bonchev–Trinajstić information content (AvgIpc) is 3.25. The van der Waals surface area contributed by atoms with Crippen molar-refractivity contribution in [2.75, 3.05) is 11.9 Å². The van der Waals surface area contributed by atoms with Crippen LogP contribution in [0.15, 0.2) is 85.1 Å². The molecule has 0 saturated carbocycles. The summed E-state index contributed by atoms with van der Waals surface area (Å²) in [6.45, 7) is 2.63. The van der Waals surface area contributed by atoms with Crippen molar-refractivity contribution in [3.05, 3.63) is 107 Å². The number of carbonyl (C=O) groups is 1. The Bertz CT molecular complexity index is 1150. The van der Waals surface area contributed by atoms with E-state index in [0.717, 1.165) is 45.3 Å². The number of nitrogens with one attached hydrogen (secondary N) is 3. The number of H-pyrrole nitrogens is 1. The fourth-order valence-electron chi connectivity index (χ4n) is 3.50. The zero-order valence-corrected chi connectivity index (χ0v) is 18.6. The first kappa shape index (κ1) is 21.8. The minimum Gasteiger partial charge on any atom is -0.342 e. The van der Waals surface area contributed by atoms with Crippen molar-refractivity contribution in [2.24, 2.45) is 0 Å². The van der Waals surface area contributed by atoms with Gasteiger partial charge in [0, 0.05) is 34.7 Å². The van der Waals surface area contributed by atoms with Gasteiger partial charge in [0.1, 0.15) is 11.9 Å². The summed E-state index contributed by atoms with van der Waals surface area (Å²) in [5, 5.41) is 7.15. The van der Waals surface area contributed by atoms with Crippen molar-refractivity contribution in [1.82, 2.24) is 15.3 Å². The van der Waals surface area contributed by atoms with Crippen molar-refractivity contribution < 1.29 is 4.79 Å². The number of halogens is 1. The molecule has 1 amide bonds. The number of aryl methyl sites for hydroxylation is 1. The third-order valence-electron chi connectivity index (χ3n) is 5.20. The molecule has 0 unspecified atom stereocenters. The Kier molecular flexibility index (Phi) is 7.00. The third kappa shape index (κ3) is 5.63. The van der Waals surface area contributed by atoms with E-state index in [1.54, 1.807) is 6.20 Å². The van der Waals surface area contributed by atoms with E-state index in [2.05, 4.69) is 20.6 Å². The number of benzene rings is 3. The first-order valence-electron chi connectivity index (χ1n) is 10.5. The second-order valence-electron chi connectivity index (χ2n) is 7.66. The van der Waals surface area contributed by atoms with Crippen LogP contribution in [0.4, 0.5) is 5.69 Å². The van der Waals surface area contributed by atoms with Crippen molar-refractivity contribution in [3.63, 3.8) is 0 Å². The lowest BCUT2D eigenvalue weighted by Gasteiger charge is -2.19. The number of anilines is 1. The molecule has 4 aromatic rings. The van der Waals surface area contributed by atoms with E-state index in [0.29, 0.717) is 6.54 Å². The van der Waals surface area contributed by atoms with Crippen molar-refractivity contribution in [3.8, 4) is 11.4 Å². The van der Waals surface area contributed by atoms with Gasteiger partial charge in [-0.15, -0.1) is 0 Å². The fraction of sp³-hybridized carbons (Fsp3) is 0.154. The molecule has 0 bridgehead atoms. The summed E-state index contributed by atoms with van der Waals surface area (Å²) >= 11 is 5.97. The summed E-state index contributed by atoms with van der Waals surface area (Å²) in [7, 11) is 0. The van der Waals surface area contributed by atoms with Crippen molar-refractivity contribution in [1.29, 1.82) is 0 Å². The molecule has 0 spiro atoms. The molecule has 6 heteroatoms. The van der Waals surface area contributed by atoms with Crippen LogP contribution in [-0.2, 0) is 11.2 Å². The number of nitrogens with zero attached hydrogens (tertiary/aromatic N) is 1. The van der Waals surface area contributed by atoms with Gasteiger partial charge in [-0.25, -0.2) is 4.98 Å². The molecule has 0 aliphatic heterocycles. The minimum absolute atomic E-state index is 0.103. The maximum absolute atomic E-state index is 13.1. The zero-order valence-electron chi connectivity index (χ0n) is 17.8. The molecule has 1 heterocycles. The van der Waals surface area contributed by atoms with E-state index in [9.17, 15) is 4.79 Å². The Morgan fingerprint density at radius 2 is 1.72 bits per heavy atom. The van der Waals surface area contributed by atoms with Gasteiger partial charge in [0.25, 0.3) is 0 Å². The van der Waals surface area contributed by atoms with Crippen LogP contribution in [0.3, 0.4) is 0 Å². The molecule has 1 atom stereocenters. The Labute approximate surface area is 192 Å². The molecule has 0 fully saturated rings. The topological polar surface area (TPSA) is 69.8 Å². The average molecular weight is 445 g/mol. The fourth-order valence-corrected chi connectivity index (χ4v) is 3.63. The number of amides is 1. The van der Waals surface area contributed by atoms with Gasteiger partial charge in [0.15, 0.2) is 0 Å². The molecule has 0 aliphatic rings. The summed E-state index contributed by atoms with van der Waals surface area (Å²) in [5.41, 5.74) is 4.80. The second kappa shape index (κ2) is 10.3. The predicted molar refractivity (Wildman–Crippen MR) is 130 cm³/mol. The molecule has 162 valence electrons. The molecule has 0 aliphatic carbocycles. The number of hydrogen-bond donors (Lipinski definition) is 3. The number of rotatable bonds is 8. The third-order valence-corrected chi connectivity index (χ3v) is 5.45. The van der Waals surface area contributed by atoms with E-state index >= 15 is 0 Å². The second-order valence-corrected chi connectivity index (χ2v) is 8.09.